The van der Waals surface area contributed by atoms with Crippen molar-refractivity contribution in [3.63, 3.8) is 0 Å². The van der Waals surface area contributed by atoms with Crippen molar-refractivity contribution in [2.75, 3.05) is 19.5 Å². The molecular formula is C20H28N4O3S. The molecule has 0 spiro atoms. The maximum absolute atomic E-state index is 12.2. The number of aromatic nitrogens is 2. The van der Waals surface area contributed by atoms with Crippen molar-refractivity contribution in [1.82, 2.24) is 20.2 Å². The van der Waals surface area contributed by atoms with Crippen LogP contribution in [0.4, 0.5) is 4.79 Å². The van der Waals surface area contributed by atoms with E-state index in [0.29, 0.717) is 19.1 Å². The van der Waals surface area contributed by atoms with Crippen LogP contribution in [-0.4, -0.2) is 47.0 Å². The van der Waals surface area contributed by atoms with Crippen molar-refractivity contribution in [3.05, 3.63) is 24.3 Å². The lowest BCUT2D eigenvalue weighted by molar-refractivity contribution is -0.117. The SMILES string of the molecule is COCCn1c(SCC(=O)NC(=O)N[C@@H]2CCCC[C@H]2C)nc2ccccc21. The fourth-order valence-corrected chi connectivity index (χ4v) is 4.43. The van der Waals surface area contributed by atoms with Gasteiger partial charge in [0.05, 0.1) is 23.4 Å². The number of carbonyl (C=O) groups is 2. The minimum atomic E-state index is -0.405. The molecule has 1 aliphatic rings. The zero-order chi connectivity index (χ0) is 19.9. The second-order valence-corrected chi connectivity index (χ2v) is 8.15. The number of rotatable bonds is 7. The summed E-state index contributed by atoms with van der Waals surface area (Å²) in [5.74, 6) is 0.255. The van der Waals surface area contributed by atoms with Crippen LogP contribution < -0.4 is 10.6 Å². The number of urea groups is 1. The third-order valence-corrected chi connectivity index (χ3v) is 6.13. The molecular weight excluding hydrogens is 376 g/mol. The fourth-order valence-electron chi connectivity index (χ4n) is 3.59. The number of methoxy groups -OCH3 is 1. The molecule has 0 radical (unpaired) electrons. The van der Waals surface area contributed by atoms with E-state index in [1.165, 1.54) is 18.2 Å². The van der Waals surface area contributed by atoms with Crippen LogP contribution in [0.2, 0.25) is 0 Å². The van der Waals surface area contributed by atoms with Crippen LogP contribution >= 0.6 is 11.8 Å². The standard InChI is InChI=1S/C20H28N4O3S/c1-14-7-3-4-8-15(14)21-19(26)23-18(25)13-28-20-22-16-9-5-6-10-17(16)24(20)11-12-27-2/h5-6,9-10,14-15H,3-4,7-8,11-13H2,1-2H3,(H2,21,23,25,26)/t14-,15-/m1/s1. The third-order valence-electron chi connectivity index (χ3n) is 5.15. The fraction of sp³-hybridized carbons (Fsp3) is 0.550. The highest BCUT2D eigenvalue weighted by atomic mass is 32.2. The second kappa shape index (κ2) is 9.93. The number of amides is 3. The molecule has 1 aromatic heterocycles. The maximum atomic E-state index is 12.2. The molecule has 2 atom stereocenters. The average molecular weight is 405 g/mol. The highest BCUT2D eigenvalue weighted by molar-refractivity contribution is 7.99. The predicted octanol–water partition coefficient (Wildman–Crippen LogP) is 3.18. The molecule has 28 heavy (non-hydrogen) atoms. The number of hydrogen-bond acceptors (Lipinski definition) is 5. The first kappa shape index (κ1) is 20.7. The van der Waals surface area contributed by atoms with E-state index in [2.05, 4.69) is 22.5 Å². The molecule has 0 bridgehead atoms. The number of benzene rings is 1. The van der Waals surface area contributed by atoms with E-state index in [1.54, 1.807) is 7.11 Å². The lowest BCUT2D eigenvalue weighted by atomic mass is 9.86. The molecule has 1 aliphatic carbocycles. The van der Waals surface area contributed by atoms with Gasteiger partial charge in [0.15, 0.2) is 5.16 Å². The van der Waals surface area contributed by atoms with E-state index in [4.69, 9.17) is 4.74 Å². The summed E-state index contributed by atoms with van der Waals surface area (Å²) >= 11 is 1.32. The number of ether oxygens (including phenoxy) is 1. The monoisotopic (exact) mass is 404 g/mol. The molecule has 0 saturated heterocycles. The van der Waals surface area contributed by atoms with E-state index >= 15 is 0 Å². The number of fused-ring (bicyclic) bond motifs is 1. The molecule has 0 aliphatic heterocycles. The quantitative estimate of drug-likeness (QED) is 0.693. The Hall–Kier alpha value is -2.06. The lowest BCUT2D eigenvalue weighted by Crippen LogP contribution is -2.48. The molecule has 152 valence electrons. The molecule has 3 amide bonds. The predicted molar refractivity (Wildman–Crippen MR) is 110 cm³/mol. The van der Waals surface area contributed by atoms with Crippen molar-refractivity contribution >= 4 is 34.7 Å². The van der Waals surface area contributed by atoms with Gasteiger partial charge in [-0.05, 0) is 30.9 Å². The van der Waals surface area contributed by atoms with Gasteiger partial charge in [0.2, 0.25) is 5.91 Å². The topological polar surface area (TPSA) is 85.2 Å². The molecule has 8 heteroatoms. The van der Waals surface area contributed by atoms with Crippen LogP contribution in [0.1, 0.15) is 32.6 Å². The van der Waals surface area contributed by atoms with Gasteiger partial charge in [0.1, 0.15) is 0 Å². The first-order chi connectivity index (χ1) is 13.6. The molecule has 7 nitrogen and oxygen atoms in total. The van der Waals surface area contributed by atoms with Gasteiger partial charge in [-0.3, -0.25) is 10.1 Å². The normalized spacial score (nSPS) is 19.5. The molecule has 1 fully saturated rings. The smallest absolute Gasteiger partial charge is 0.321 e. The summed E-state index contributed by atoms with van der Waals surface area (Å²) in [5, 5.41) is 6.13. The molecule has 2 N–H and O–H groups in total. The number of imide groups is 1. The largest absolute Gasteiger partial charge is 0.383 e. The summed E-state index contributed by atoms with van der Waals surface area (Å²) in [4.78, 5) is 29.0. The summed E-state index contributed by atoms with van der Waals surface area (Å²) in [5.41, 5.74) is 1.89. The number of para-hydroxylation sites is 2. The van der Waals surface area contributed by atoms with Gasteiger partial charge >= 0.3 is 6.03 Å². The van der Waals surface area contributed by atoms with Crippen LogP contribution in [0.5, 0.6) is 0 Å². The summed E-state index contributed by atoms with van der Waals surface area (Å²) in [6.45, 7) is 3.36. The van der Waals surface area contributed by atoms with Crippen LogP contribution in [0.25, 0.3) is 11.0 Å². The minimum absolute atomic E-state index is 0.129. The number of carbonyl (C=O) groups excluding carboxylic acids is 2. The Morgan fingerprint density at radius 2 is 2.07 bits per heavy atom. The van der Waals surface area contributed by atoms with Crippen molar-refractivity contribution in [1.29, 1.82) is 0 Å². The average Bonchev–Trinajstić information content (AvgIpc) is 3.04. The Balaban J connectivity index is 1.56. The van der Waals surface area contributed by atoms with Gasteiger partial charge in [0.25, 0.3) is 0 Å². The molecule has 1 saturated carbocycles. The molecule has 1 aromatic carbocycles. The van der Waals surface area contributed by atoms with Crippen LogP contribution in [0.3, 0.4) is 0 Å². The Labute approximate surface area is 169 Å². The lowest BCUT2D eigenvalue weighted by Gasteiger charge is -2.29. The van der Waals surface area contributed by atoms with Crippen LogP contribution in [-0.2, 0) is 16.1 Å². The summed E-state index contributed by atoms with van der Waals surface area (Å²) < 4.78 is 7.23. The van der Waals surface area contributed by atoms with Crippen LogP contribution in [0, 0.1) is 5.92 Å². The number of thioether (sulfide) groups is 1. The van der Waals surface area contributed by atoms with E-state index in [-0.39, 0.29) is 17.7 Å². The third kappa shape index (κ3) is 5.26. The van der Waals surface area contributed by atoms with Crippen molar-refractivity contribution in [2.45, 2.75) is 50.4 Å². The van der Waals surface area contributed by atoms with Gasteiger partial charge in [-0.15, -0.1) is 0 Å². The second-order valence-electron chi connectivity index (χ2n) is 7.21. The van der Waals surface area contributed by atoms with Gasteiger partial charge in [-0.2, -0.15) is 0 Å². The van der Waals surface area contributed by atoms with E-state index in [1.807, 2.05) is 28.8 Å². The minimum Gasteiger partial charge on any atom is -0.383 e. The first-order valence-corrected chi connectivity index (χ1v) is 10.7. The number of hydrogen-bond donors (Lipinski definition) is 2. The number of nitrogens with one attached hydrogen (secondary N) is 2. The zero-order valence-electron chi connectivity index (χ0n) is 16.4. The van der Waals surface area contributed by atoms with Gasteiger partial charge in [0, 0.05) is 19.7 Å². The molecule has 2 aromatic rings. The molecule has 1 heterocycles. The first-order valence-electron chi connectivity index (χ1n) is 9.76. The molecule has 3 rings (SSSR count). The van der Waals surface area contributed by atoms with Gasteiger partial charge in [-0.25, -0.2) is 9.78 Å². The van der Waals surface area contributed by atoms with Crippen molar-refractivity contribution < 1.29 is 14.3 Å². The maximum Gasteiger partial charge on any atom is 0.321 e. The van der Waals surface area contributed by atoms with E-state index in [9.17, 15) is 9.59 Å². The van der Waals surface area contributed by atoms with E-state index in [0.717, 1.165) is 35.5 Å². The Kier molecular flexibility index (Phi) is 7.33. The van der Waals surface area contributed by atoms with Crippen LogP contribution in [0.15, 0.2) is 29.4 Å². The van der Waals surface area contributed by atoms with Crippen molar-refractivity contribution in [3.8, 4) is 0 Å². The van der Waals surface area contributed by atoms with Crippen molar-refractivity contribution in [2.24, 2.45) is 5.92 Å². The Bertz CT molecular complexity index is 823. The zero-order valence-corrected chi connectivity index (χ0v) is 17.3. The van der Waals surface area contributed by atoms with Gasteiger partial charge in [-0.1, -0.05) is 43.7 Å². The Morgan fingerprint density at radius 3 is 2.86 bits per heavy atom. The van der Waals surface area contributed by atoms with Gasteiger partial charge < -0.3 is 14.6 Å². The highest BCUT2D eigenvalue weighted by Crippen LogP contribution is 2.25. The van der Waals surface area contributed by atoms with E-state index < -0.39 is 6.03 Å². The summed E-state index contributed by atoms with van der Waals surface area (Å²) in [6.07, 6.45) is 4.42. The summed E-state index contributed by atoms with van der Waals surface area (Å²) in [7, 11) is 1.66. The number of nitrogens with zero attached hydrogens (tertiary/aromatic N) is 2. The molecule has 0 unspecified atom stereocenters. The summed E-state index contributed by atoms with van der Waals surface area (Å²) in [6, 6.07) is 7.59. The Morgan fingerprint density at radius 1 is 1.29 bits per heavy atom. The highest BCUT2D eigenvalue weighted by Gasteiger charge is 2.23. The number of imidazole rings is 1.